The quantitative estimate of drug-likeness (QED) is 0.466. The Kier molecular flexibility index (Phi) is 6.58. The number of nitrogens with zero attached hydrogens (tertiary/aromatic N) is 2. The van der Waals surface area contributed by atoms with Crippen molar-refractivity contribution in [2.24, 2.45) is 0 Å². The van der Waals surface area contributed by atoms with Crippen LogP contribution < -0.4 is 0 Å². The van der Waals surface area contributed by atoms with Crippen LogP contribution in [0.5, 0.6) is 0 Å². The summed E-state index contributed by atoms with van der Waals surface area (Å²) in [6, 6.07) is 12.4. The first kappa shape index (κ1) is 23.2. The maximum Gasteiger partial charge on any atom is 0.323 e. The lowest BCUT2D eigenvalue weighted by Crippen LogP contribution is -2.28. The van der Waals surface area contributed by atoms with E-state index in [1.807, 2.05) is 30.5 Å². The van der Waals surface area contributed by atoms with Gasteiger partial charge in [-0.1, -0.05) is 25.4 Å². The Bertz CT molecular complexity index is 1250. The smallest absolute Gasteiger partial charge is 0.323 e. The summed E-state index contributed by atoms with van der Waals surface area (Å²) in [5, 5.41) is 11.1. The molecule has 0 radical (unpaired) electrons. The molecule has 3 aromatic rings. The molecule has 1 unspecified atom stereocenters. The summed E-state index contributed by atoms with van der Waals surface area (Å²) in [4.78, 5) is 12.6. The van der Waals surface area contributed by atoms with E-state index < -0.39 is 16.0 Å². The van der Waals surface area contributed by atoms with Crippen molar-refractivity contribution in [1.29, 1.82) is 0 Å². The highest BCUT2D eigenvalue weighted by Crippen LogP contribution is 2.37. The molecule has 2 heterocycles. The van der Waals surface area contributed by atoms with Gasteiger partial charge < -0.3 is 9.67 Å². The molecular formula is C23H25ClN2O4S2. The molecule has 0 amide bonds. The molecule has 9 heteroatoms. The largest absolute Gasteiger partial charge is 0.480 e. The van der Waals surface area contributed by atoms with E-state index >= 15 is 0 Å². The van der Waals surface area contributed by atoms with Crippen molar-refractivity contribution >= 4 is 50.3 Å². The van der Waals surface area contributed by atoms with Crippen LogP contribution in [-0.4, -0.2) is 46.7 Å². The monoisotopic (exact) mass is 492 g/mol. The molecule has 32 heavy (non-hydrogen) atoms. The predicted molar refractivity (Wildman–Crippen MR) is 128 cm³/mol. The molecule has 1 aromatic heterocycles. The van der Waals surface area contributed by atoms with Crippen molar-refractivity contribution in [2.45, 2.75) is 47.8 Å². The average molecular weight is 493 g/mol. The van der Waals surface area contributed by atoms with Crippen molar-refractivity contribution in [2.75, 3.05) is 13.1 Å². The number of fused-ring (bicyclic) bond motifs is 1. The molecule has 4 rings (SSSR count). The molecule has 6 nitrogen and oxygen atoms in total. The first-order valence-electron chi connectivity index (χ1n) is 10.4. The van der Waals surface area contributed by atoms with Gasteiger partial charge in [0, 0.05) is 51.3 Å². The Balaban J connectivity index is 1.60. The Labute approximate surface area is 197 Å². The van der Waals surface area contributed by atoms with Crippen LogP contribution in [0.25, 0.3) is 10.9 Å². The summed E-state index contributed by atoms with van der Waals surface area (Å²) < 4.78 is 29.7. The maximum absolute atomic E-state index is 13.2. The second kappa shape index (κ2) is 9.09. The molecule has 170 valence electrons. The normalized spacial score (nSPS) is 17.4. The maximum atomic E-state index is 13.2. The minimum Gasteiger partial charge on any atom is -0.480 e. The Hall–Kier alpha value is -2.00. The lowest BCUT2D eigenvalue weighted by atomic mass is 9.98. The standard InChI is InChI=1S/C23H25ClN2O4S2/c1-15(2)31-18-4-6-19(7-5-18)32(29,30)26-10-9-16(12-26)21-13-25(14-23(27)28)22-8-3-17(24)11-20(21)22/h3-8,11,13,15-16H,9-10,12,14H2,1-2H3,(H,27,28). The van der Waals surface area contributed by atoms with Gasteiger partial charge in [-0.25, -0.2) is 8.42 Å². The average Bonchev–Trinajstić information content (AvgIpc) is 3.33. The first-order chi connectivity index (χ1) is 15.1. The summed E-state index contributed by atoms with van der Waals surface area (Å²) in [5.74, 6) is -0.963. The Morgan fingerprint density at radius 2 is 1.94 bits per heavy atom. The first-order valence-corrected chi connectivity index (χ1v) is 13.1. The van der Waals surface area contributed by atoms with Gasteiger partial charge in [0.15, 0.2) is 0 Å². The van der Waals surface area contributed by atoms with Gasteiger partial charge in [0.25, 0.3) is 0 Å². The third kappa shape index (κ3) is 4.69. The number of sulfonamides is 1. The second-order valence-corrected chi connectivity index (χ2v) is 12.3. The molecule has 0 aliphatic carbocycles. The predicted octanol–water partition coefficient (Wildman–Crippen LogP) is 5.06. The van der Waals surface area contributed by atoms with Crippen LogP contribution in [0.3, 0.4) is 0 Å². The molecule has 1 aliphatic heterocycles. The number of hydrogen-bond donors (Lipinski definition) is 1. The number of carboxylic acid groups (broad SMARTS) is 1. The van der Waals surface area contributed by atoms with Crippen LogP contribution in [0.2, 0.25) is 5.02 Å². The molecule has 0 saturated carbocycles. The SMILES string of the molecule is CC(C)Sc1ccc(S(=O)(=O)N2CCC(c3cn(CC(=O)O)c4ccc(Cl)cc34)C2)cc1. The summed E-state index contributed by atoms with van der Waals surface area (Å²) in [6.45, 7) is 4.80. The number of carboxylic acids is 1. The second-order valence-electron chi connectivity index (χ2n) is 8.25. The van der Waals surface area contributed by atoms with E-state index in [2.05, 4.69) is 13.8 Å². The molecule has 1 aliphatic rings. The fourth-order valence-electron chi connectivity index (χ4n) is 4.21. The summed E-state index contributed by atoms with van der Waals surface area (Å²) in [6.07, 6.45) is 2.49. The highest BCUT2D eigenvalue weighted by molar-refractivity contribution is 7.99. The fraction of sp³-hybridized carbons (Fsp3) is 0.348. The highest BCUT2D eigenvalue weighted by atomic mass is 35.5. The van der Waals surface area contributed by atoms with Gasteiger partial charge in [-0.15, -0.1) is 11.8 Å². The fourth-order valence-corrected chi connectivity index (χ4v) is 6.72. The number of carbonyl (C=O) groups is 1. The van der Waals surface area contributed by atoms with Crippen molar-refractivity contribution < 1.29 is 18.3 Å². The van der Waals surface area contributed by atoms with Crippen LogP contribution in [0.4, 0.5) is 0 Å². The third-order valence-corrected chi connectivity index (χ3v) is 8.73. The number of benzene rings is 2. The van der Waals surface area contributed by atoms with Gasteiger partial charge in [0.2, 0.25) is 10.0 Å². The van der Waals surface area contributed by atoms with Crippen molar-refractivity contribution in [3.05, 3.63) is 59.2 Å². The number of halogens is 1. The molecule has 0 spiro atoms. The topological polar surface area (TPSA) is 79.6 Å². The van der Waals surface area contributed by atoms with E-state index in [1.54, 1.807) is 34.5 Å². The number of thioether (sulfide) groups is 1. The Morgan fingerprint density at radius 3 is 2.59 bits per heavy atom. The lowest BCUT2D eigenvalue weighted by molar-refractivity contribution is -0.137. The highest BCUT2D eigenvalue weighted by Gasteiger charge is 2.34. The van der Waals surface area contributed by atoms with E-state index in [4.69, 9.17) is 11.6 Å². The molecule has 1 fully saturated rings. The minimum absolute atomic E-state index is 0.0310. The van der Waals surface area contributed by atoms with Crippen molar-refractivity contribution in [1.82, 2.24) is 8.87 Å². The van der Waals surface area contributed by atoms with Crippen LogP contribution in [0, 0.1) is 0 Å². The Morgan fingerprint density at radius 1 is 1.22 bits per heavy atom. The van der Waals surface area contributed by atoms with Gasteiger partial charge >= 0.3 is 5.97 Å². The van der Waals surface area contributed by atoms with E-state index in [9.17, 15) is 18.3 Å². The zero-order valence-corrected chi connectivity index (χ0v) is 20.3. The zero-order chi connectivity index (χ0) is 23.0. The van der Waals surface area contributed by atoms with E-state index in [0.29, 0.717) is 34.7 Å². The van der Waals surface area contributed by atoms with Crippen LogP contribution in [-0.2, 0) is 21.4 Å². The van der Waals surface area contributed by atoms with Gasteiger partial charge in [-0.3, -0.25) is 4.79 Å². The van der Waals surface area contributed by atoms with E-state index in [0.717, 1.165) is 21.4 Å². The van der Waals surface area contributed by atoms with Crippen LogP contribution in [0.1, 0.15) is 31.7 Å². The zero-order valence-electron chi connectivity index (χ0n) is 17.9. The van der Waals surface area contributed by atoms with E-state index in [-0.39, 0.29) is 12.5 Å². The van der Waals surface area contributed by atoms with Gasteiger partial charge in [-0.2, -0.15) is 4.31 Å². The summed E-state index contributed by atoms with van der Waals surface area (Å²) in [5.41, 5.74) is 1.72. The number of rotatable bonds is 7. The molecule has 0 bridgehead atoms. The van der Waals surface area contributed by atoms with E-state index in [1.165, 1.54) is 4.31 Å². The molecule has 2 aromatic carbocycles. The van der Waals surface area contributed by atoms with Gasteiger partial charge in [-0.05, 0) is 54.4 Å². The third-order valence-electron chi connectivity index (χ3n) is 5.60. The van der Waals surface area contributed by atoms with Gasteiger partial charge in [0.1, 0.15) is 6.54 Å². The minimum atomic E-state index is -3.60. The van der Waals surface area contributed by atoms with Crippen molar-refractivity contribution in [3.63, 3.8) is 0 Å². The number of hydrogen-bond acceptors (Lipinski definition) is 4. The molecular weight excluding hydrogens is 468 g/mol. The molecule has 1 N–H and O–H groups in total. The van der Waals surface area contributed by atoms with Crippen molar-refractivity contribution in [3.8, 4) is 0 Å². The number of aliphatic carboxylic acids is 1. The van der Waals surface area contributed by atoms with Gasteiger partial charge in [0.05, 0.1) is 4.90 Å². The van der Waals surface area contributed by atoms with Crippen LogP contribution >= 0.6 is 23.4 Å². The summed E-state index contributed by atoms with van der Waals surface area (Å²) >= 11 is 7.90. The lowest BCUT2D eigenvalue weighted by Gasteiger charge is -2.17. The molecule has 1 saturated heterocycles. The summed E-state index contributed by atoms with van der Waals surface area (Å²) in [7, 11) is -3.60. The molecule has 1 atom stereocenters. The van der Waals surface area contributed by atoms with Crippen LogP contribution in [0.15, 0.2) is 58.5 Å². The number of aromatic nitrogens is 1.